The van der Waals surface area contributed by atoms with Gasteiger partial charge in [-0.05, 0) is 73.7 Å². The van der Waals surface area contributed by atoms with Gasteiger partial charge in [-0.25, -0.2) is 0 Å². The lowest BCUT2D eigenvalue weighted by atomic mass is 10.2. The minimum absolute atomic E-state index is 0.227. The standard InChI is InChI=1S/C24H19Cl2N5O3/c1-2-34-19-10-8-17(9-11-19)28-23(32)15-3-6-18(7-4-15)30-31-22(14-27)24(33)29-21-12-5-16(25)13-20(21)26/h3-13,30H,2H2,1H3,(H,28,32)(H,29,33). The van der Waals surface area contributed by atoms with Crippen LogP contribution in [0.4, 0.5) is 17.1 Å². The highest BCUT2D eigenvalue weighted by Crippen LogP contribution is 2.25. The highest BCUT2D eigenvalue weighted by Gasteiger charge is 2.14. The lowest BCUT2D eigenvalue weighted by molar-refractivity contribution is -0.110. The lowest BCUT2D eigenvalue weighted by Crippen LogP contribution is -2.22. The van der Waals surface area contributed by atoms with Crippen LogP contribution in [0.5, 0.6) is 5.75 Å². The number of carbonyl (C=O) groups excluding carboxylic acids is 2. The van der Waals surface area contributed by atoms with E-state index in [0.717, 1.165) is 5.75 Å². The highest BCUT2D eigenvalue weighted by molar-refractivity contribution is 6.49. The molecule has 0 aliphatic rings. The molecule has 3 aromatic carbocycles. The van der Waals surface area contributed by atoms with Gasteiger partial charge in [0.25, 0.3) is 11.8 Å². The number of ether oxygens (including phenoxy) is 1. The number of nitriles is 1. The third-order valence-corrected chi connectivity index (χ3v) is 4.92. The number of nitrogens with one attached hydrogen (secondary N) is 3. The van der Waals surface area contributed by atoms with Crippen molar-refractivity contribution in [3.8, 4) is 11.8 Å². The van der Waals surface area contributed by atoms with Crippen LogP contribution in [0.1, 0.15) is 17.3 Å². The fourth-order valence-electron chi connectivity index (χ4n) is 2.72. The zero-order valence-corrected chi connectivity index (χ0v) is 19.4. The molecule has 8 nitrogen and oxygen atoms in total. The molecule has 0 aromatic heterocycles. The van der Waals surface area contributed by atoms with E-state index >= 15 is 0 Å². The van der Waals surface area contributed by atoms with Crippen molar-refractivity contribution in [1.29, 1.82) is 5.26 Å². The van der Waals surface area contributed by atoms with E-state index in [1.165, 1.54) is 12.1 Å². The van der Waals surface area contributed by atoms with Gasteiger partial charge in [0.15, 0.2) is 0 Å². The molecule has 172 valence electrons. The molecule has 0 heterocycles. The third kappa shape index (κ3) is 6.72. The Labute approximate surface area is 206 Å². The minimum atomic E-state index is -0.745. The maximum absolute atomic E-state index is 12.5. The topological polar surface area (TPSA) is 116 Å². The van der Waals surface area contributed by atoms with Gasteiger partial charge in [0.1, 0.15) is 11.8 Å². The molecule has 0 unspecified atom stereocenters. The average Bonchev–Trinajstić information content (AvgIpc) is 2.83. The maximum atomic E-state index is 12.5. The van der Waals surface area contributed by atoms with Crippen LogP contribution in [0.25, 0.3) is 0 Å². The van der Waals surface area contributed by atoms with Crippen LogP contribution in [-0.4, -0.2) is 24.1 Å². The molecule has 0 atom stereocenters. The summed E-state index contributed by atoms with van der Waals surface area (Å²) in [6.07, 6.45) is 0. The van der Waals surface area contributed by atoms with Crippen LogP contribution in [-0.2, 0) is 4.79 Å². The van der Waals surface area contributed by atoms with Crippen molar-refractivity contribution < 1.29 is 14.3 Å². The number of hydrogen-bond acceptors (Lipinski definition) is 6. The predicted molar refractivity (Wildman–Crippen MR) is 134 cm³/mol. The molecule has 0 fully saturated rings. The summed E-state index contributed by atoms with van der Waals surface area (Å²) >= 11 is 11.9. The molecule has 0 aliphatic heterocycles. The van der Waals surface area contributed by atoms with Crippen molar-refractivity contribution in [2.24, 2.45) is 5.10 Å². The molecule has 0 saturated heterocycles. The molecule has 0 aliphatic carbocycles. The van der Waals surface area contributed by atoms with Gasteiger partial charge in [0.05, 0.1) is 23.0 Å². The number of hydrazone groups is 1. The van der Waals surface area contributed by atoms with Gasteiger partial charge in [-0.15, -0.1) is 0 Å². The number of nitrogens with zero attached hydrogens (tertiary/aromatic N) is 2. The van der Waals surface area contributed by atoms with E-state index in [2.05, 4.69) is 21.2 Å². The smallest absolute Gasteiger partial charge is 0.287 e. The zero-order chi connectivity index (χ0) is 24.5. The van der Waals surface area contributed by atoms with E-state index < -0.39 is 11.6 Å². The van der Waals surface area contributed by atoms with Crippen molar-refractivity contribution in [2.75, 3.05) is 22.7 Å². The Morgan fingerprint density at radius 2 is 1.65 bits per heavy atom. The predicted octanol–water partition coefficient (Wildman–Crippen LogP) is 5.57. The molecule has 3 N–H and O–H groups in total. The summed E-state index contributed by atoms with van der Waals surface area (Å²) < 4.78 is 5.38. The van der Waals surface area contributed by atoms with Gasteiger partial charge in [-0.1, -0.05) is 23.2 Å². The molecule has 0 bridgehead atoms. The number of anilines is 3. The van der Waals surface area contributed by atoms with Gasteiger partial charge in [-0.2, -0.15) is 10.4 Å². The summed E-state index contributed by atoms with van der Waals surface area (Å²) in [5, 5.41) is 19.0. The van der Waals surface area contributed by atoms with Crippen LogP contribution in [0, 0.1) is 11.3 Å². The van der Waals surface area contributed by atoms with Crippen molar-refractivity contribution in [3.05, 3.63) is 82.3 Å². The van der Waals surface area contributed by atoms with Crippen molar-refractivity contribution >= 4 is 57.8 Å². The summed E-state index contributed by atoms with van der Waals surface area (Å²) in [5.74, 6) is -0.320. The Balaban J connectivity index is 1.60. The van der Waals surface area contributed by atoms with Gasteiger partial charge in [-0.3, -0.25) is 15.0 Å². The van der Waals surface area contributed by atoms with Crippen LogP contribution < -0.4 is 20.8 Å². The zero-order valence-electron chi connectivity index (χ0n) is 17.9. The molecule has 0 spiro atoms. The van der Waals surface area contributed by atoms with Gasteiger partial charge >= 0.3 is 0 Å². The number of benzene rings is 3. The second-order valence-corrected chi connectivity index (χ2v) is 7.59. The number of halogens is 2. The molecule has 0 radical (unpaired) electrons. The Hall–Kier alpha value is -4.06. The fourth-order valence-corrected chi connectivity index (χ4v) is 3.18. The summed E-state index contributed by atoms with van der Waals surface area (Å²) in [6, 6.07) is 19.7. The summed E-state index contributed by atoms with van der Waals surface area (Å²) in [7, 11) is 0. The van der Waals surface area contributed by atoms with Crippen molar-refractivity contribution in [2.45, 2.75) is 6.92 Å². The Bertz CT molecular complexity index is 1250. The molecular weight excluding hydrogens is 477 g/mol. The number of carbonyl (C=O) groups is 2. The molecular formula is C24H19Cl2N5O3. The maximum Gasteiger partial charge on any atom is 0.287 e. The normalized spacial score (nSPS) is 10.7. The Kier molecular flexibility index (Phi) is 8.46. The van der Waals surface area contributed by atoms with E-state index in [-0.39, 0.29) is 10.9 Å². The summed E-state index contributed by atoms with van der Waals surface area (Å²) in [5.41, 5.74) is 4.03. The first kappa shape index (κ1) is 24.6. The first-order valence-corrected chi connectivity index (χ1v) is 10.8. The second kappa shape index (κ2) is 11.7. The van der Waals surface area contributed by atoms with Crippen molar-refractivity contribution in [3.63, 3.8) is 0 Å². The monoisotopic (exact) mass is 495 g/mol. The van der Waals surface area contributed by atoms with Gasteiger partial charge in [0, 0.05) is 16.3 Å². The van der Waals surface area contributed by atoms with E-state index in [1.54, 1.807) is 60.7 Å². The largest absolute Gasteiger partial charge is 0.494 e. The van der Waals surface area contributed by atoms with Crippen LogP contribution in [0.15, 0.2) is 71.8 Å². The molecule has 10 heteroatoms. The van der Waals surface area contributed by atoms with Crippen LogP contribution >= 0.6 is 23.2 Å². The Morgan fingerprint density at radius 1 is 0.971 bits per heavy atom. The fraction of sp³-hybridized carbons (Fsp3) is 0.0833. The van der Waals surface area contributed by atoms with E-state index in [4.69, 9.17) is 27.9 Å². The average molecular weight is 496 g/mol. The van der Waals surface area contributed by atoms with E-state index in [0.29, 0.717) is 34.3 Å². The molecule has 3 aromatic rings. The quantitative estimate of drug-likeness (QED) is 0.278. The van der Waals surface area contributed by atoms with Crippen LogP contribution in [0.2, 0.25) is 10.0 Å². The van der Waals surface area contributed by atoms with E-state index in [1.807, 2.05) is 6.92 Å². The summed E-state index contributed by atoms with van der Waals surface area (Å²) in [6.45, 7) is 2.46. The third-order valence-electron chi connectivity index (χ3n) is 4.37. The molecule has 34 heavy (non-hydrogen) atoms. The number of rotatable bonds is 8. The number of amides is 2. The summed E-state index contributed by atoms with van der Waals surface area (Å²) in [4.78, 5) is 24.8. The Morgan fingerprint density at radius 3 is 2.26 bits per heavy atom. The van der Waals surface area contributed by atoms with Gasteiger partial charge < -0.3 is 15.4 Å². The number of hydrogen-bond donors (Lipinski definition) is 3. The minimum Gasteiger partial charge on any atom is -0.494 e. The molecule has 3 rings (SSSR count). The van der Waals surface area contributed by atoms with Gasteiger partial charge in [0.2, 0.25) is 5.71 Å². The van der Waals surface area contributed by atoms with Crippen LogP contribution in [0.3, 0.4) is 0 Å². The van der Waals surface area contributed by atoms with Crippen molar-refractivity contribution in [1.82, 2.24) is 0 Å². The first-order chi connectivity index (χ1) is 16.4. The molecule has 0 saturated carbocycles. The highest BCUT2D eigenvalue weighted by atomic mass is 35.5. The molecule has 2 amide bonds. The first-order valence-electron chi connectivity index (χ1n) is 10.0. The van der Waals surface area contributed by atoms with E-state index in [9.17, 15) is 14.9 Å². The SMILES string of the molecule is CCOc1ccc(NC(=O)c2ccc(NN=C(C#N)C(=O)Nc3ccc(Cl)cc3Cl)cc2)cc1. The second-order valence-electron chi connectivity index (χ2n) is 6.75. The lowest BCUT2D eigenvalue weighted by Gasteiger charge is -2.08.